The number of hydrogen-bond donors (Lipinski definition) is 8. The predicted molar refractivity (Wildman–Crippen MR) is 285 cm³/mol. The molecule has 0 radical (unpaired) electrons. The molecule has 6 aromatic carbocycles. The molecule has 2 aliphatic rings. The molecule has 2 atom stereocenters. The van der Waals surface area contributed by atoms with Gasteiger partial charge < -0.3 is 40.6 Å². The molecule has 8 N–H and O–H groups in total. The molecule has 0 fully saturated rings. The zero-order valence-corrected chi connectivity index (χ0v) is 42.4. The van der Waals surface area contributed by atoms with Gasteiger partial charge in [0.05, 0.1) is 55.0 Å². The Hall–Kier alpha value is -7.75. The second kappa shape index (κ2) is 20.1. The molecule has 2 aliphatic heterocycles. The fourth-order valence-electron chi connectivity index (χ4n) is 9.95. The molecule has 4 amide bonds. The van der Waals surface area contributed by atoms with Gasteiger partial charge in [-0.25, -0.2) is 31.1 Å². The number of aliphatic hydroxyl groups is 2. The Labute approximate surface area is 440 Å². The molecule has 0 saturated heterocycles. The smallest absolute Gasteiger partial charge is 0.323 e. The summed E-state index contributed by atoms with van der Waals surface area (Å²) in [5, 5.41) is 50.5. The Kier molecular flexibility index (Phi) is 13.7. The lowest BCUT2D eigenvalue weighted by atomic mass is 9.95. The number of nitro groups is 2. The number of aliphatic hydroxyl groups excluding tert-OH is 2. The van der Waals surface area contributed by atoms with Crippen LogP contribution in [0, 0.1) is 20.2 Å². The summed E-state index contributed by atoms with van der Waals surface area (Å²) in [6, 6.07) is 22.6. The van der Waals surface area contributed by atoms with Crippen molar-refractivity contribution in [3.63, 3.8) is 0 Å². The number of non-ortho nitro benzene ring substituents is 2. The van der Waals surface area contributed by atoms with E-state index in [1.807, 2.05) is 0 Å². The van der Waals surface area contributed by atoms with Crippen molar-refractivity contribution in [1.82, 2.24) is 19.4 Å². The molecule has 4 heterocycles. The van der Waals surface area contributed by atoms with E-state index in [0.717, 1.165) is 0 Å². The highest BCUT2D eigenvalue weighted by Gasteiger charge is 2.39. The number of carbonyl (C=O) groups excluding carboxylic acids is 3. The first-order valence-corrected chi connectivity index (χ1v) is 27.2. The molecule has 2 aromatic heterocycles. The highest BCUT2D eigenvalue weighted by molar-refractivity contribution is 7.89. The number of nitrogens with one attached hydrogen (secondary N) is 6. The summed E-state index contributed by atoms with van der Waals surface area (Å²) in [6.45, 7) is -1.29. The number of alkyl halides is 2. The van der Waals surface area contributed by atoms with Gasteiger partial charge in [0.1, 0.15) is 11.4 Å². The third kappa shape index (κ3) is 9.29. The molecular formula is C49H42Cl2N10O13S2. The lowest BCUT2D eigenvalue weighted by Gasteiger charge is -2.17. The van der Waals surface area contributed by atoms with Crippen LogP contribution in [0.3, 0.4) is 0 Å². The van der Waals surface area contributed by atoms with Crippen LogP contribution >= 0.6 is 23.2 Å². The zero-order chi connectivity index (χ0) is 54.0. The minimum absolute atomic E-state index is 0.0335. The van der Waals surface area contributed by atoms with Crippen molar-refractivity contribution in [2.45, 2.75) is 21.6 Å². The van der Waals surface area contributed by atoms with Gasteiger partial charge in [0, 0.05) is 95.1 Å². The van der Waals surface area contributed by atoms with E-state index < -0.39 is 84.2 Å². The summed E-state index contributed by atoms with van der Waals surface area (Å²) < 4.78 is 55.9. The highest BCUT2D eigenvalue weighted by atomic mass is 35.5. The van der Waals surface area contributed by atoms with E-state index in [1.54, 1.807) is 48.5 Å². The van der Waals surface area contributed by atoms with Crippen LogP contribution in [0.2, 0.25) is 0 Å². The van der Waals surface area contributed by atoms with Crippen molar-refractivity contribution in [3.05, 3.63) is 140 Å². The van der Waals surface area contributed by atoms with Gasteiger partial charge in [0.25, 0.3) is 23.2 Å². The van der Waals surface area contributed by atoms with E-state index in [9.17, 15) is 51.4 Å². The van der Waals surface area contributed by atoms with E-state index in [4.69, 9.17) is 33.4 Å². The number of hydrogen-bond acceptors (Lipinski definition) is 13. The maximum Gasteiger partial charge on any atom is 0.323 e. The van der Waals surface area contributed by atoms with E-state index >= 15 is 0 Å². The second-order valence-electron chi connectivity index (χ2n) is 17.9. The van der Waals surface area contributed by atoms with Crippen molar-refractivity contribution < 1.29 is 51.3 Å². The van der Waals surface area contributed by atoms with E-state index in [0.29, 0.717) is 55.1 Å². The van der Waals surface area contributed by atoms with Crippen LogP contribution in [0.25, 0.3) is 43.4 Å². The number of aromatic amines is 2. The number of sulfonamides is 2. The largest absolute Gasteiger partial charge is 0.395 e. The van der Waals surface area contributed by atoms with Gasteiger partial charge in [-0.05, 0) is 94.7 Å². The van der Waals surface area contributed by atoms with Crippen molar-refractivity contribution in [2.75, 3.05) is 71.6 Å². The molecule has 0 saturated carbocycles. The van der Waals surface area contributed by atoms with Gasteiger partial charge in [-0.1, -0.05) is 12.1 Å². The number of nitro benzene ring substituents is 2. The van der Waals surface area contributed by atoms with Crippen molar-refractivity contribution in [1.29, 1.82) is 0 Å². The quantitative estimate of drug-likeness (QED) is 0.0277. The SMILES string of the molecule is O=C(Nc1ccc2[nH]c(C(=O)N3CC(CCl)c4c3cc([N+](=O)[O-])c3cc(S(=O)(=O)NCCO)ccc43)cc2c1)Nc1ccc2[nH]c(C(=O)N3CC(CCl)c4c3cc([N+](=O)[O-])c3cc(S(=O)(=O)NCCO)ccc43)cc2c1. The number of amides is 4. The molecule has 392 valence electrons. The Bertz CT molecular complexity index is 3770. The average molecular weight is 1110 g/mol. The van der Waals surface area contributed by atoms with E-state index in [2.05, 4.69) is 30.0 Å². The Morgan fingerprint density at radius 1 is 0.592 bits per heavy atom. The summed E-state index contributed by atoms with van der Waals surface area (Å²) in [5.41, 5.74) is 2.76. The number of fused-ring (bicyclic) bond motifs is 8. The normalized spacial score (nSPS) is 15.4. The average Bonchev–Trinajstić information content (AvgIpc) is 4.35. The predicted octanol–water partition coefficient (Wildman–Crippen LogP) is 6.92. The molecular weight excluding hydrogens is 1070 g/mol. The zero-order valence-electron chi connectivity index (χ0n) is 39.3. The standard InChI is InChI=1S/C49H42Cl2N10O13S2/c50-21-27-23-58(43-19-41(60(67)68)35-17-31(3-5-33(35)45(27)43)75(71,72)52-9-11-62)47(64)39-15-25-13-29(1-7-37(25)56-39)54-49(66)55-30-2-8-38-26(14-30)16-40(57-38)48(65)59-24-28(22-51)46-34-6-4-32(76(73,74)53-10-12-63)18-36(34)42(61(69)70)20-44(46)59/h1-8,13-20,27-28,52-53,56-57,62-63H,9-12,21-24H2,(H2,54,55,66). The minimum atomic E-state index is -4.11. The minimum Gasteiger partial charge on any atom is -0.395 e. The van der Waals surface area contributed by atoms with Crippen LogP contribution < -0.4 is 29.9 Å². The molecule has 8 aromatic rings. The molecule has 2 unspecified atom stereocenters. The Morgan fingerprint density at radius 2 is 1.00 bits per heavy atom. The molecule has 76 heavy (non-hydrogen) atoms. The molecule has 27 heteroatoms. The summed E-state index contributed by atoms with van der Waals surface area (Å²) in [7, 11) is -8.23. The number of rotatable bonds is 16. The summed E-state index contributed by atoms with van der Waals surface area (Å²) in [6.07, 6.45) is 0. The molecule has 0 spiro atoms. The lowest BCUT2D eigenvalue weighted by Crippen LogP contribution is -2.30. The number of nitrogens with zero attached hydrogens (tertiary/aromatic N) is 4. The number of halogens is 2. The lowest BCUT2D eigenvalue weighted by molar-refractivity contribution is -0.383. The van der Waals surface area contributed by atoms with Crippen LogP contribution in [-0.2, 0) is 20.0 Å². The van der Waals surface area contributed by atoms with Crippen molar-refractivity contribution in [3.8, 4) is 0 Å². The van der Waals surface area contributed by atoms with Crippen LogP contribution in [0.5, 0.6) is 0 Å². The van der Waals surface area contributed by atoms with Gasteiger partial charge in [0.15, 0.2) is 0 Å². The first-order valence-electron chi connectivity index (χ1n) is 23.1. The van der Waals surface area contributed by atoms with Gasteiger partial charge >= 0.3 is 6.03 Å². The maximum atomic E-state index is 14.2. The van der Waals surface area contributed by atoms with E-state index in [-0.39, 0.29) is 81.3 Å². The summed E-state index contributed by atoms with van der Waals surface area (Å²) in [4.78, 5) is 73.8. The van der Waals surface area contributed by atoms with Crippen LogP contribution in [0.4, 0.5) is 38.9 Å². The molecule has 23 nitrogen and oxygen atoms in total. The Balaban J connectivity index is 0.855. The number of urea groups is 1. The third-order valence-corrected chi connectivity index (χ3v) is 17.0. The van der Waals surface area contributed by atoms with E-state index in [1.165, 1.54) is 58.3 Å². The van der Waals surface area contributed by atoms with Gasteiger partial charge in [0.2, 0.25) is 20.0 Å². The fourth-order valence-corrected chi connectivity index (χ4v) is 12.5. The number of benzene rings is 6. The Morgan fingerprint density at radius 3 is 1.37 bits per heavy atom. The first kappa shape index (κ1) is 51.7. The molecule has 10 rings (SSSR count). The fraction of sp³-hybridized carbons (Fsp3) is 0.204. The number of aromatic nitrogens is 2. The topological polar surface area (TPSA) is 332 Å². The van der Waals surface area contributed by atoms with Crippen molar-refractivity contribution in [2.24, 2.45) is 0 Å². The van der Waals surface area contributed by atoms with Crippen LogP contribution in [0.15, 0.2) is 107 Å². The molecule has 0 bridgehead atoms. The number of anilines is 4. The monoisotopic (exact) mass is 1110 g/mol. The van der Waals surface area contributed by atoms with Gasteiger partial charge in [-0.15, -0.1) is 23.2 Å². The van der Waals surface area contributed by atoms with Gasteiger partial charge in [-0.2, -0.15) is 0 Å². The van der Waals surface area contributed by atoms with Gasteiger partial charge in [-0.3, -0.25) is 29.8 Å². The molecule has 0 aliphatic carbocycles. The van der Waals surface area contributed by atoms with Crippen molar-refractivity contribution >= 4 is 139 Å². The maximum absolute atomic E-state index is 14.2. The summed E-state index contributed by atoms with van der Waals surface area (Å²) >= 11 is 12.8. The third-order valence-electron chi connectivity index (χ3n) is 13.3. The summed E-state index contributed by atoms with van der Waals surface area (Å²) in [5.74, 6) is -1.90. The van der Waals surface area contributed by atoms with Crippen LogP contribution in [0.1, 0.15) is 43.9 Å². The second-order valence-corrected chi connectivity index (χ2v) is 22.1. The number of carbonyl (C=O) groups is 3. The number of H-pyrrole nitrogens is 2. The van der Waals surface area contributed by atoms with Crippen LogP contribution in [-0.4, -0.2) is 116 Å². The first-order chi connectivity index (χ1) is 36.3. The highest BCUT2D eigenvalue weighted by Crippen LogP contribution is 2.48.